The number of hydrogen-bond acceptors (Lipinski definition) is 2. The first-order chi connectivity index (χ1) is 9.70. The molecule has 0 saturated carbocycles. The molecule has 0 bridgehead atoms. The highest BCUT2D eigenvalue weighted by atomic mass is 32.2. The van der Waals surface area contributed by atoms with Gasteiger partial charge in [-0.2, -0.15) is 0 Å². The van der Waals surface area contributed by atoms with Crippen molar-refractivity contribution in [2.45, 2.75) is 37.6 Å². The first-order valence-corrected chi connectivity index (χ1v) is 8.63. The molecule has 0 heterocycles. The molecule has 0 aliphatic heterocycles. The minimum Gasteiger partial charge on any atom is -0.315 e. The molecule has 0 radical (unpaired) electrons. The summed E-state index contributed by atoms with van der Waals surface area (Å²) in [6.45, 7) is 5.29. The van der Waals surface area contributed by atoms with E-state index in [9.17, 15) is 4.21 Å². The maximum absolute atomic E-state index is 12.3. The van der Waals surface area contributed by atoms with E-state index in [-0.39, 0.29) is 0 Å². The van der Waals surface area contributed by atoms with E-state index in [2.05, 4.69) is 43.4 Å². The Bertz CT molecular complexity index is 582. The average molecular weight is 289 g/mol. The molecule has 0 aromatic heterocycles. The summed E-state index contributed by atoms with van der Waals surface area (Å²) in [6, 6.07) is 14.8. The maximum atomic E-state index is 12.3. The largest absolute Gasteiger partial charge is 0.315 e. The molecule has 3 heteroatoms. The molecule has 0 amide bonds. The SMILES string of the molecule is CCNC(C)CCCS(=O)c1ccc2ccccc2c1. The van der Waals surface area contributed by atoms with Crippen LogP contribution in [0.25, 0.3) is 10.8 Å². The second-order valence-electron chi connectivity index (χ2n) is 5.16. The molecular formula is C17H23NOS. The van der Waals surface area contributed by atoms with Crippen LogP contribution in [0.5, 0.6) is 0 Å². The van der Waals surface area contributed by atoms with Crippen LogP contribution >= 0.6 is 0 Å². The van der Waals surface area contributed by atoms with Gasteiger partial charge in [0, 0.05) is 16.7 Å². The topological polar surface area (TPSA) is 29.1 Å². The lowest BCUT2D eigenvalue weighted by molar-refractivity contribution is 0.525. The Hall–Kier alpha value is -1.19. The van der Waals surface area contributed by atoms with E-state index in [1.54, 1.807) is 0 Å². The average Bonchev–Trinajstić information content (AvgIpc) is 2.47. The van der Waals surface area contributed by atoms with Crippen LogP contribution in [0, 0.1) is 0 Å². The zero-order chi connectivity index (χ0) is 14.4. The smallest absolute Gasteiger partial charge is 0.0529 e. The van der Waals surface area contributed by atoms with Crippen molar-refractivity contribution in [3.05, 3.63) is 42.5 Å². The van der Waals surface area contributed by atoms with E-state index in [1.807, 2.05) is 18.2 Å². The van der Waals surface area contributed by atoms with Crippen molar-refractivity contribution in [1.82, 2.24) is 5.32 Å². The molecule has 2 atom stereocenters. The normalized spacial score (nSPS) is 14.3. The third-order valence-corrected chi connectivity index (χ3v) is 4.94. The van der Waals surface area contributed by atoms with Gasteiger partial charge in [0.2, 0.25) is 0 Å². The number of rotatable bonds is 7. The Balaban J connectivity index is 1.94. The Kier molecular flexibility index (Phi) is 5.74. The van der Waals surface area contributed by atoms with E-state index in [4.69, 9.17) is 0 Å². The van der Waals surface area contributed by atoms with E-state index in [0.717, 1.165) is 30.0 Å². The fraction of sp³-hybridized carbons (Fsp3) is 0.412. The second-order valence-corrected chi connectivity index (χ2v) is 6.73. The van der Waals surface area contributed by atoms with E-state index < -0.39 is 10.8 Å². The van der Waals surface area contributed by atoms with Gasteiger partial charge in [0.1, 0.15) is 0 Å². The summed E-state index contributed by atoms with van der Waals surface area (Å²) in [7, 11) is -0.888. The highest BCUT2D eigenvalue weighted by Gasteiger charge is 2.06. The van der Waals surface area contributed by atoms with Gasteiger partial charge in [-0.3, -0.25) is 4.21 Å². The minimum atomic E-state index is -0.888. The molecule has 1 N–H and O–H groups in total. The molecule has 0 fully saturated rings. The van der Waals surface area contributed by atoms with Crippen LogP contribution in [0.15, 0.2) is 47.4 Å². The van der Waals surface area contributed by atoms with E-state index in [1.165, 1.54) is 10.8 Å². The van der Waals surface area contributed by atoms with Crippen LogP contribution in [0.1, 0.15) is 26.7 Å². The van der Waals surface area contributed by atoms with E-state index >= 15 is 0 Å². The molecular weight excluding hydrogens is 266 g/mol. The molecule has 2 rings (SSSR count). The van der Waals surface area contributed by atoms with Gasteiger partial charge in [-0.1, -0.05) is 37.3 Å². The van der Waals surface area contributed by atoms with Crippen molar-refractivity contribution < 1.29 is 4.21 Å². The predicted octanol–water partition coefficient (Wildman–Crippen LogP) is 3.73. The Labute approximate surface area is 124 Å². The lowest BCUT2D eigenvalue weighted by Crippen LogP contribution is -2.25. The molecule has 2 unspecified atom stereocenters. The molecule has 0 aliphatic rings. The first kappa shape index (κ1) is 15.2. The Morgan fingerprint density at radius 2 is 1.90 bits per heavy atom. The minimum absolute atomic E-state index is 0.508. The van der Waals surface area contributed by atoms with Crippen LogP contribution in [0.2, 0.25) is 0 Å². The summed E-state index contributed by atoms with van der Waals surface area (Å²) in [5, 5.41) is 5.75. The van der Waals surface area contributed by atoms with Gasteiger partial charge in [-0.05, 0) is 49.2 Å². The van der Waals surface area contributed by atoms with Gasteiger partial charge in [-0.15, -0.1) is 0 Å². The summed E-state index contributed by atoms with van der Waals surface area (Å²) in [6.07, 6.45) is 2.07. The van der Waals surface area contributed by atoms with E-state index in [0.29, 0.717) is 6.04 Å². The Morgan fingerprint density at radius 1 is 1.15 bits per heavy atom. The molecule has 0 aliphatic carbocycles. The molecule has 0 saturated heterocycles. The van der Waals surface area contributed by atoms with Gasteiger partial charge < -0.3 is 5.32 Å². The monoisotopic (exact) mass is 289 g/mol. The van der Waals surface area contributed by atoms with Gasteiger partial charge in [0.15, 0.2) is 0 Å². The molecule has 20 heavy (non-hydrogen) atoms. The third-order valence-electron chi connectivity index (χ3n) is 3.50. The van der Waals surface area contributed by atoms with Gasteiger partial charge in [0.25, 0.3) is 0 Å². The quantitative estimate of drug-likeness (QED) is 0.841. The van der Waals surface area contributed by atoms with Crippen molar-refractivity contribution in [3.8, 4) is 0 Å². The molecule has 108 valence electrons. The molecule has 2 nitrogen and oxygen atoms in total. The highest BCUT2D eigenvalue weighted by molar-refractivity contribution is 7.85. The first-order valence-electron chi connectivity index (χ1n) is 7.31. The van der Waals surface area contributed by atoms with Gasteiger partial charge >= 0.3 is 0 Å². The summed E-state index contributed by atoms with van der Waals surface area (Å²) in [4.78, 5) is 0.944. The lowest BCUT2D eigenvalue weighted by atomic mass is 10.1. The molecule has 2 aromatic rings. The van der Waals surface area contributed by atoms with Crippen LogP contribution < -0.4 is 5.32 Å². The van der Waals surface area contributed by atoms with Crippen LogP contribution in [-0.2, 0) is 10.8 Å². The fourth-order valence-corrected chi connectivity index (χ4v) is 3.54. The standard InChI is InChI=1S/C17H23NOS/c1-3-18-14(2)7-6-12-20(19)17-11-10-15-8-4-5-9-16(15)13-17/h4-5,8-11,13-14,18H,3,6-7,12H2,1-2H3. The van der Waals surface area contributed by atoms with Crippen molar-refractivity contribution in [2.75, 3.05) is 12.3 Å². The third kappa shape index (κ3) is 4.15. The van der Waals surface area contributed by atoms with Crippen molar-refractivity contribution >= 4 is 21.6 Å². The number of benzene rings is 2. The second kappa shape index (κ2) is 7.55. The Morgan fingerprint density at radius 3 is 2.65 bits per heavy atom. The van der Waals surface area contributed by atoms with Crippen LogP contribution in [-0.4, -0.2) is 22.5 Å². The molecule has 0 spiro atoms. The number of hydrogen-bond donors (Lipinski definition) is 1. The lowest BCUT2D eigenvalue weighted by Gasteiger charge is -2.11. The zero-order valence-electron chi connectivity index (χ0n) is 12.3. The summed E-state index contributed by atoms with van der Waals surface area (Å²) >= 11 is 0. The summed E-state index contributed by atoms with van der Waals surface area (Å²) in [5.41, 5.74) is 0. The van der Waals surface area contributed by atoms with Crippen LogP contribution in [0.4, 0.5) is 0 Å². The summed E-state index contributed by atoms with van der Waals surface area (Å²) < 4.78 is 12.3. The van der Waals surface area contributed by atoms with Gasteiger partial charge in [-0.25, -0.2) is 0 Å². The predicted molar refractivity (Wildman–Crippen MR) is 87.6 cm³/mol. The maximum Gasteiger partial charge on any atom is 0.0529 e. The van der Waals surface area contributed by atoms with Gasteiger partial charge in [0.05, 0.1) is 10.8 Å². The zero-order valence-corrected chi connectivity index (χ0v) is 13.1. The van der Waals surface area contributed by atoms with Crippen molar-refractivity contribution in [2.24, 2.45) is 0 Å². The fourth-order valence-electron chi connectivity index (χ4n) is 2.40. The highest BCUT2D eigenvalue weighted by Crippen LogP contribution is 2.18. The molecule has 2 aromatic carbocycles. The van der Waals surface area contributed by atoms with Crippen molar-refractivity contribution in [1.29, 1.82) is 0 Å². The number of nitrogens with one attached hydrogen (secondary N) is 1. The summed E-state index contributed by atoms with van der Waals surface area (Å²) in [5.74, 6) is 0.744. The van der Waals surface area contributed by atoms with Crippen LogP contribution in [0.3, 0.4) is 0 Å². The van der Waals surface area contributed by atoms with Crippen molar-refractivity contribution in [3.63, 3.8) is 0 Å². The number of fused-ring (bicyclic) bond motifs is 1.